The smallest absolute Gasteiger partial charge is 0.261 e. The molecule has 2 aromatic carbocycles. The van der Waals surface area contributed by atoms with E-state index in [9.17, 15) is 9.59 Å². The van der Waals surface area contributed by atoms with E-state index in [4.69, 9.17) is 0 Å². The summed E-state index contributed by atoms with van der Waals surface area (Å²) in [6.07, 6.45) is 1.91. The first-order valence-electron chi connectivity index (χ1n) is 9.51. The van der Waals surface area contributed by atoms with Gasteiger partial charge in [-0.1, -0.05) is 54.2 Å². The first kappa shape index (κ1) is 19.2. The number of nitrogens with one attached hydrogen (secondary N) is 1. The van der Waals surface area contributed by atoms with Crippen LogP contribution in [0.3, 0.4) is 0 Å². The number of pyridine rings is 1. The molecule has 2 amide bonds. The highest BCUT2D eigenvalue weighted by atomic mass is 32.2. The third-order valence-electron chi connectivity index (χ3n) is 4.85. The molecule has 0 radical (unpaired) electrons. The molecule has 0 bridgehead atoms. The van der Waals surface area contributed by atoms with E-state index >= 15 is 0 Å². The number of benzene rings is 2. The maximum absolute atomic E-state index is 13.2. The van der Waals surface area contributed by atoms with Crippen molar-refractivity contribution in [2.24, 2.45) is 0 Å². The number of hydrogen-bond acceptors (Lipinski definition) is 4. The summed E-state index contributed by atoms with van der Waals surface area (Å²) in [5.74, 6) is -0.218. The van der Waals surface area contributed by atoms with Gasteiger partial charge in [0.25, 0.3) is 5.91 Å². The number of nitrogens with zero attached hydrogens (tertiary/aromatic N) is 2. The van der Waals surface area contributed by atoms with Crippen LogP contribution in [0.2, 0.25) is 0 Å². The highest BCUT2D eigenvalue weighted by molar-refractivity contribution is 7.99. The highest BCUT2D eigenvalue weighted by Gasteiger charge is 2.28. The van der Waals surface area contributed by atoms with E-state index in [1.165, 1.54) is 11.8 Å². The van der Waals surface area contributed by atoms with Gasteiger partial charge in [-0.3, -0.25) is 9.59 Å². The summed E-state index contributed by atoms with van der Waals surface area (Å²) < 4.78 is 0. The summed E-state index contributed by atoms with van der Waals surface area (Å²) in [6, 6.07) is 21.0. The molecule has 6 heteroatoms. The molecule has 0 saturated heterocycles. The molecule has 146 valence electrons. The van der Waals surface area contributed by atoms with Crippen molar-refractivity contribution in [1.82, 2.24) is 10.3 Å². The zero-order valence-electron chi connectivity index (χ0n) is 16.0. The molecule has 2 heterocycles. The summed E-state index contributed by atoms with van der Waals surface area (Å²) in [5, 5.41) is 3.70. The Balaban J connectivity index is 1.51. The van der Waals surface area contributed by atoms with Crippen LogP contribution in [0.25, 0.3) is 0 Å². The number of fused-ring (bicyclic) bond motifs is 2. The van der Waals surface area contributed by atoms with Gasteiger partial charge >= 0.3 is 0 Å². The van der Waals surface area contributed by atoms with Crippen LogP contribution in [0.5, 0.6) is 0 Å². The van der Waals surface area contributed by atoms with Crippen molar-refractivity contribution in [3.8, 4) is 0 Å². The summed E-state index contributed by atoms with van der Waals surface area (Å²) in [5.41, 5.74) is 2.42. The molecule has 1 atom stereocenters. The Morgan fingerprint density at radius 1 is 1.07 bits per heavy atom. The van der Waals surface area contributed by atoms with Crippen molar-refractivity contribution in [2.75, 3.05) is 11.4 Å². The molecule has 0 unspecified atom stereocenters. The van der Waals surface area contributed by atoms with Gasteiger partial charge in [0.1, 0.15) is 5.03 Å². The van der Waals surface area contributed by atoms with Crippen LogP contribution in [0.15, 0.2) is 82.8 Å². The summed E-state index contributed by atoms with van der Waals surface area (Å²) in [4.78, 5) is 32.8. The first-order chi connectivity index (χ1) is 14.1. The minimum Gasteiger partial charge on any atom is -0.350 e. The minimum atomic E-state index is -0.130. The standard InChI is InChI=1S/C23H21N3O2S/c1-16(17-8-3-2-4-9-17)25-21(27)13-15-26-19-11-5-6-12-20(19)29-22-18(23(26)28)10-7-14-24-22/h2-12,14,16H,13,15H2,1H3,(H,25,27)/t16-/m0/s1. The van der Waals surface area contributed by atoms with Gasteiger partial charge in [-0.25, -0.2) is 4.98 Å². The monoisotopic (exact) mass is 403 g/mol. The van der Waals surface area contributed by atoms with Crippen LogP contribution in [-0.4, -0.2) is 23.3 Å². The van der Waals surface area contributed by atoms with Gasteiger partial charge in [0.15, 0.2) is 0 Å². The fourth-order valence-electron chi connectivity index (χ4n) is 3.33. The largest absolute Gasteiger partial charge is 0.350 e. The zero-order chi connectivity index (χ0) is 20.2. The van der Waals surface area contributed by atoms with Gasteiger partial charge in [0.2, 0.25) is 5.91 Å². The van der Waals surface area contributed by atoms with Gasteiger partial charge in [-0.2, -0.15) is 0 Å². The lowest BCUT2D eigenvalue weighted by Gasteiger charge is -2.23. The van der Waals surface area contributed by atoms with E-state index in [1.807, 2.05) is 61.5 Å². The molecular formula is C23H21N3O2S. The first-order valence-corrected chi connectivity index (χ1v) is 10.3. The van der Waals surface area contributed by atoms with Gasteiger partial charge in [-0.05, 0) is 36.8 Å². The second-order valence-electron chi connectivity index (χ2n) is 6.83. The van der Waals surface area contributed by atoms with Crippen molar-refractivity contribution >= 4 is 29.3 Å². The number of hydrogen-bond donors (Lipinski definition) is 1. The van der Waals surface area contributed by atoms with E-state index in [0.29, 0.717) is 17.1 Å². The molecule has 0 spiro atoms. The van der Waals surface area contributed by atoms with Gasteiger partial charge in [-0.15, -0.1) is 0 Å². The molecule has 0 fully saturated rings. The molecule has 3 aromatic rings. The van der Waals surface area contributed by atoms with Crippen LogP contribution in [-0.2, 0) is 4.79 Å². The van der Waals surface area contributed by atoms with E-state index in [0.717, 1.165) is 16.1 Å². The maximum Gasteiger partial charge on any atom is 0.261 e. The third kappa shape index (κ3) is 4.17. The second-order valence-corrected chi connectivity index (χ2v) is 7.86. The number of para-hydroxylation sites is 1. The fourth-order valence-corrected chi connectivity index (χ4v) is 4.35. The van der Waals surface area contributed by atoms with Crippen molar-refractivity contribution in [1.29, 1.82) is 0 Å². The lowest BCUT2D eigenvalue weighted by atomic mass is 10.1. The number of aromatic nitrogens is 1. The summed E-state index contributed by atoms with van der Waals surface area (Å²) >= 11 is 1.48. The van der Waals surface area contributed by atoms with Gasteiger partial charge < -0.3 is 10.2 Å². The quantitative estimate of drug-likeness (QED) is 0.683. The Morgan fingerprint density at radius 2 is 1.83 bits per heavy atom. The summed E-state index contributed by atoms with van der Waals surface area (Å²) in [7, 11) is 0. The average Bonchev–Trinajstić information content (AvgIpc) is 2.87. The van der Waals surface area contributed by atoms with Crippen molar-refractivity contribution in [3.05, 3.63) is 84.1 Å². The van der Waals surface area contributed by atoms with Crippen molar-refractivity contribution in [2.45, 2.75) is 29.3 Å². The zero-order valence-corrected chi connectivity index (χ0v) is 16.9. The van der Waals surface area contributed by atoms with Crippen LogP contribution in [0.4, 0.5) is 5.69 Å². The molecule has 1 N–H and O–H groups in total. The van der Waals surface area contributed by atoms with E-state index in [-0.39, 0.29) is 24.3 Å². The molecule has 0 saturated carbocycles. The van der Waals surface area contributed by atoms with Crippen LogP contribution >= 0.6 is 11.8 Å². The van der Waals surface area contributed by atoms with Gasteiger partial charge in [0.05, 0.1) is 17.3 Å². The maximum atomic E-state index is 13.2. The van der Waals surface area contributed by atoms with E-state index < -0.39 is 0 Å². The van der Waals surface area contributed by atoms with E-state index in [2.05, 4.69) is 10.3 Å². The topological polar surface area (TPSA) is 62.3 Å². The number of anilines is 1. The molecule has 29 heavy (non-hydrogen) atoms. The Kier molecular flexibility index (Phi) is 5.62. The highest BCUT2D eigenvalue weighted by Crippen LogP contribution is 2.40. The Bertz CT molecular complexity index is 1040. The van der Waals surface area contributed by atoms with E-state index in [1.54, 1.807) is 23.2 Å². The Labute approximate surface area is 174 Å². The number of carbonyl (C=O) groups is 2. The van der Waals surface area contributed by atoms with Crippen LogP contribution in [0.1, 0.15) is 35.3 Å². The normalized spacial score (nSPS) is 13.8. The minimum absolute atomic E-state index is 0.0868. The van der Waals surface area contributed by atoms with Gasteiger partial charge in [0, 0.05) is 24.1 Å². The Hall–Kier alpha value is -3.12. The molecule has 5 nitrogen and oxygen atoms in total. The predicted molar refractivity (Wildman–Crippen MR) is 114 cm³/mol. The summed E-state index contributed by atoms with van der Waals surface area (Å²) in [6.45, 7) is 2.26. The Morgan fingerprint density at radius 3 is 2.66 bits per heavy atom. The lowest BCUT2D eigenvalue weighted by molar-refractivity contribution is -0.121. The molecular weight excluding hydrogens is 382 g/mol. The molecule has 4 rings (SSSR count). The lowest BCUT2D eigenvalue weighted by Crippen LogP contribution is -2.36. The predicted octanol–water partition coefficient (Wildman–Crippen LogP) is 4.46. The van der Waals surface area contributed by atoms with Crippen molar-refractivity contribution in [3.63, 3.8) is 0 Å². The molecule has 1 aromatic heterocycles. The number of rotatable bonds is 5. The SMILES string of the molecule is C[C@H](NC(=O)CCN1C(=O)c2cccnc2Sc2ccccc21)c1ccccc1. The number of carbonyl (C=O) groups excluding carboxylic acids is 2. The van der Waals surface area contributed by atoms with Crippen LogP contribution < -0.4 is 10.2 Å². The molecule has 0 aliphatic carbocycles. The number of amides is 2. The molecule has 1 aliphatic heterocycles. The second kappa shape index (κ2) is 8.49. The third-order valence-corrected chi connectivity index (χ3v) is 5.93. The molecule has 1 aliphatic rings. The van der Waals surface area contributed by atoms with Crippen molar-refractivity contribution < 1.29 is 9.59 Å². The average molecular weight is 404 g/mol. The van der Waals surface area contributed by atoms with Crippen LogP contribution in [0, 0.1) is 0 Å². The fraction of sp³-hybridized carbons (Fsp3) is 0.174.